The summed E-state index contributed by atoms with van der Waals surface area (Å²) in [6, 6.07) is 7.75. The molecule has 14 heavy (non-hydrogen) atoms. The molecule has 0 amide bonds. The number of aromatic hydroxyl groups is 1. The number of para-hydroxylation sites is 2. The molecule has 0 unspecified atom stereocenters. The second-order valence-corrected chi connectivity index (χ2v) is 3.90. The molecule has 0 saturated heterocycles. The highest BCUT2D eigenvalue weighted by atomic mass is 32.1. The van der Waals surface area contributed by atoms with Gasteiger partial charge in [-0.25, -0.2) is 4.98 Å². The van der Waals surface area contributed by atoms with Crippen molar-refractivity contribution in [3.63, 3.8) is 0 Å². The lowest BCUT2D eigenvalue weighted by atomic mass is 10.3. The summed E-state index contributed by atoms with van der Waals surface area (Å²) < 4.78 is 1.80. The lowest BCUT2D eigenvalue weighted by Gasteiger charge is -1.91. The maximum atomic E-state index is 9.65. The van der Waals surface area contributed by atoms with Gasteiger partial charge in [0.25, 0.3) is 4.83 Å². The van der Waals surface area contributed by atoms with Crippen molar-refractivity contribution in [3.05, 3.63) is 35.8 Å². The van der Waals surface area contributed by atoms with Crippen molar-refractivity contribution < 1.29 is 9.51 Å². The molecular formula is C10H7N2OS+. The molecule has 0 atom stereocenters. The maximum absolute atomic E-state index is 9.65. The zero-order valence-electron chi connectivity index (χ0n) is 7.21. The van der Waals surface area contributed by atoms with Gasteiger partial charge in [0.2, 0.25) is 5.52 Å². The summed E-state index contributed by atoms with van der Waals surface area (Å²) in [5, 5.41) is 11.4. The van der Waals surface area contributed by atoms with Crippen LogP contribution in [0.5, 0.6) is 5.88 Å². The van der Waals surface area contributed by atoms with Crippen LogP contribution in [0.2, 0.25) is 0 Å². The predicted molar refractivity (Wildman–Crippen MR) is 54.4 cm³/mol. The third-order valence-corrected chi connectivity index (χ3v) is 3.03. The molecule has 3 aromatic rings. The highest BCUT2D eigenvalue weighted by Gasteiger charge is 2.16. The van der Waals surface area contributed by atoms with E-state index >= 15 is 0 Å². The van der Waals surface area contributed by atoms with E-state index in [-0.39, 0.29) is 5.88 Å². The van der Waals surface area contributed by atoms with Gasteiger partial charge in [-0.1, -0.05) is 23.5 Å². The fourth-order valence-electron chi connectivity index (χ4n) is 1.55. The number of benzene rings is 1. The fourth-order valence-corrected chi connectivity index (χ4v) is 2.29. The van der Waals surface area contributed by atoms with E-state index in [1.807, 2.05) is 24.3 Å². The van der Waals surface area contributed by atoms with Gasteiger partial charge >= 0.3 is 5.88 Å². The van der Waals surface area contributed by atoms with E-state index in [9.17, 15) is 5.11 Å². The van der Waals surface area contributed by atoms with Gasteiger partial charge in [-0.15, -0.1) is 4.40 Å². The molecule has 0 aliphatic carbocycles. The quantitative estimate of drug-likeness (QED) is 0.565. The van der Waals surface area contributed by atoms with Crippen LogP contribution >= 0.6 is 11.3 Å². The molecule has 0 bridgehead atoms. The summed E-state index contributed by atoms with van der Waals surface area (Å²) in [5.41, 5.74) is 1.82. The minimum absolute atomic E-state index is 0.267. The van der Waals surface area contributed by atoms with E-state index in [0.29, 0.717) is 0 Å². The first-order chi connectivity index (χ1) is 6.86. The first-order valence-corrected chi connectivity index (χ1v) is 5.10. The molecule has 1 aromatic carbocycles. The van der Waals surface area contributed by atoms with Crippen molar-refractivity contribution in [3.8, 4) is 5.88 Å². The molecule has 1 N–H and O–H groups in total. The first kappa shape index (κ1) is 7.70. The number of thiazole rings is 1. The number of fused-ring (bicyclic) bond motifs is 3. The Hall–Kier alpha value is -1.68. The molecule has 0 saturated carbocycles. The Balaban J connectivity index is 2.65. The molecule has 0 fully saturated rings. The van der Waals surface area contributed by atoms with Crippen molar-refractivity contribution in [1.82, 2.24) is 4.98 Å². The second-order valence-electron chi connectivity index (χ2n) is 3.01. The third kappa shape index (κ3) is 0.914. The first-order valence-electron chi connectivity index (χ1n) is 4.22. The van der Waals surface area contributed by atoms with Crippen LogP contribution in [-0.4, -0.2) is 10.1 Å². The molecule has 0 radical (unpaired) electrons. The molecular weight excluding hydrogens is 196 g/mol. The average Bonchev–Trinajstić information content (AvgIpc) is 2.61. The zero-order chi connectivity index (χ0) is 9.54. The van der Waals surface area contributed by atoms with Gasteiger partial charge in [-0.2, -0.15) is 0 Å². The number of aromatic nitrogens is 2. The van der Waals surface area contributed by atoms with Crippen LogP contribution < -0.4 is 4.40 Å². The standard InChI is InChI=1S/C10H6N2OS/c13-9-6-14-10-5-11-7-3-1-2-4-8(7)12(9)10/h1-6H/p+1. The van der Waals surface area contributed by atoms with Crippen molar-refractivity contribution in [2.24, 2.45) is 0 Å². The Bertz CT molecular complexity index is 618. The number of hydrogen-bond donors (Lipinski definition) is 1. The van der Waals surface area contributed by atoms with Crippen molar-refractivity contribution in [2.75, 3.05) is 0 Å². The van der Waals surface area contributed by atoms with Gasteiger partial charge in [0.15, 0.2) is 0 Å². The number of nitrogens with zero attached hydrogens (tertiary/aromatic N) is 2. The number of rotatable bonds is 0. The molecule has 0 aliphatic rings. The van der Waals surface area contributed by atoms with Crippen LogP contribution in [0.3, 0.4) is 0 Å². The van der Waals surface area contributed by atoms with Gasteiger partial charge in [0.1, 0.15) is 17.1 Å². The Morgan fingerprint density at radius 2 is 2.14 bits per heavy atom. The normalized spacial score (nSPS) is 11.1. The van der Waals surface area contributed by atoms with E-state index in [1.165, 1.54) is 11.3 Å². The molecule has 0 spiro atoms. The van der Waals surface area contributed by atoms with Crippen LogP contribution in [0.4, 0.5) is 0 Å². The topological polar surface area (TPSA) is 37.2 Å². The van der Waals surface area contributed by atoms with Crippen LogP contribution in [0.15, 0.2) is 35.8 Å². The third-order valence-electron chi connectivity index (χ3n) is 2.17. The predicted octanol–water partition coefficient (Wildman–Crippen LogP) is 1.74. The molecule has 4 heteroatoms. The Morgan fingerprint density at radius 1 is 1.29 bits per heavy atom. The van der Waals surface area contributed by atoms with Crippen molar-refractivity contribution in [1.29, 1.82) is 0 Å². The number of hydrogen-bond acceptors (Lipinski definition) is 3. The molecule has 68 valence electrons. The van der Waals surface area contributed by atoms with E-state index in [0.717, 1.165) is 15.9 Å². The van der Waals surface area contributed by atoms with Crippen LogP contribution in [0.25, 0.3) is 15.9 Å². The Labute approximate surface area is 83.9 Å². The van der Waals surface area contributed by atoms with Crippen molar-refractivity contribution >= 4 is 27.2 Å². The average molecular weight is 203 g/mol. The summed E-state index contributed by atoms with van der Waals surface area (Å²) in [6.07, 6.45) is 1.77. The van der Waals surface area contributed by atoms with Gasteiger partial charge in [-0.05, 0) is 6.07 Å². The Kier molecular flexibility index (Phi) is 1.46. The summed E-state index contributed by atoms with van der Waals surface area (Å²) in [6.45, 7) is 0. The molecule has 3 rings (SSSR count). The van der Waals surface area contributed by atoms with E-state index in [2.05, 4.69) is 4.98 Å². The smallest absolute Gasteiger partial charge is 0.383 e. The van der Waals surface area contributed by atoms with Crippen molar-refractivity contribution in [2.45, 2.75) is 0 Å². The Morgan fingerprint density at radius 3 is 3.07 bits per heavy atom. The van der Waals surface area contributed by atoms with Gasteiger partial charge in [0.05, 0.1) is 0 Å². The summed E-state index contributed by atoms with van der Waals surface area (Å²) in [5.74, 6) is 0.267. The summed E-state index contributed by atoms with van der Waals surface area (Å²) in [4.78, 5) is 5.25. The largest absolute Gasteiger partial charge is 0.459 e. The fraction of sp³-hybridized carbons (Fsp3) is 0. The maximum Gasteiger partial charge on any atom is 0.383 e. The molecule has 2 aromatic heterocycles. The van der Waals surface area contributed by atoms with Crippen LogP contribution in [0.1, 0.15) is 0 Å². The minimum atomic E-state index is 0.267. The monoisotopic (exact) mass is 203 g/mol. The minimum Gasteiger partial charge on any atom is -0.459 e. The summed E-state index contributed by atoms with van der Waals surface area (Å²) in [7, 11) is 0. The molecule has 2 heterocycles. The molecule has 0 aliphatic heterocycles. The highest BCUT2D eigenvalue weighted by molar-refractivity contribution is 7.15. The van der Waals surface area contributed by atoms with E-state index < -0.39 is 0 Å². The van der Waals surface area contributed by atoms with Gasteiger partial charge < -0.3 is 5.11 Å². The highest BCUT2D eigenvalue weighted by Crippen LogP contribution is 2.17. The van der Waals surface area contributed by atoms with E-state index in [1.54, 1.807) is 16.0 Å². The van der Waals surface area contributed by atoms with Crippen LogP contribution in [0, 0.1) is 0 Å². The SMILES string of the molecule is Oc1csc2cnc3ccccc3[n+]12. The zero-order valence-corrected chi connectivity index (χ0v) is 8.03. The second kappa shape index (κ2) is 2.65. The van der Waals surface area contributed by atoms with Crippen LogP contribution in [-0.2, 0) is 0 Å². The summed E-state index contributed by atoms with van der Waals surface area (Å²) >= 11 is 1.48. The van der Waals surface area contributed by atoms with E-state index in [4.69, 9.17) is 0 Å². The molecule has 3 nitrogen and oxygen atoms in total. The van der Waals surface area contributed by atoms with Gasteiger partial charge in [0, 0.05) is 6.07 Å². The lowest BCUT2D eigenvalue weighted by molar-refractivity contribution is -0.489. The lowest BCUT2D eigenvalue weighted by Crippen LogP contribution is -2.20. The van der Waals surface area contributed by atoms with Gasteiger partial charge in [-0.3, -0.25) is 0 Å².